The number of esters is 1. The molecule has 1 atom stereocenters. The van der Waals surface area contributed by atoms with Crippen LogP contribution < -0.4 is 14.8 Å². The molecule has 1 N–H and O–H groups in total. The van der Waals surface area contributed by atoms with Crippen molar-refractivity contribution in [2.45, 2.75) is 33.6 Å². The van der Waals surface area contributed by atoms with Crippen LogP contribution in [-0.2, 0) is 14.3 Å². The Balaban J connectivity index is 1.98. The van der Waals surface area contributed by atoms with Crippen LogP contribution in [0.25, 0.3) is 0 Å². The van der Waals surface area contributed by atoms with Crippen molar-refractivity contribution in [3.63, 3.8) is 0 Å². The van der Waals surface area contributed by atoms with Crippen LogP contribution in [0.5, 0.6) is 11.5 Å². The highest BCUT2D eigenvalue weighted by molar-refractivity contribution is 5.94. The Kier molecular flexibility index (Phi) is 8.39. The number of amides is 1. The lowest BCUT2D eigenvalue weighted by Crippen LogP contribution is -2.43. The van der Waals surface area contributed by atoms with Gasteiger partial charge in [-0.05, 0) is 52.3 Å². The molecule has 0 radical (unpaired) electrons. The van der Waals surface area contributed by atoms with E-state index in [0.717, 1.165) is 19.4 Å². The SMILES string of the molecule is CCOC(=O)C1CCCN(CC(=O)Nc2cc(OCC)ccc2OCC)C1. The third kappa shape index (κ3) is 6.43. The number of likely N-dealkylation sites (tertiary alicyclic amines) is 1. The fourth-order valence-corrected chi connectivity index (χ4v) is 3.19. The normalized spacial score (nSPS) is 17.2. The maximum absolute atomic E-state index is 12.5. The maximum Gasteiger partial charge on any atom is 0.310 e. The van der Waals surface area contributed by atoms with E-state index in [-0.39, 0.29) is 24.3 Å². The van der Waals surface area contributed by atoms with Crippen LogP contribution in [0.2, 0.25) is 0 Å². The summed E-state index contributed by atoms with van der Waals surface area (Å²) in [7, 11) is 0. The molecule has 1 amide bonds. The van der Waals surface area contributed by atoms with Gasteiger partial charge in [0, 0.05) is 12.6 Å². The number of hydrogen-bond donors (Lipinski definition) is 1. The summed E-state index contributed by atoms with van der Waals surface area (Å²) in [5.41, 5.74) is 0.590. The third-order valence-electron chi connectivity index (χ3n) is 4.33. The zero-order valence-corrected chi connectivity index (χ0v) is 16.5. The van der Waals surface area contributed by atoms with E-state index in [0.29, 0.717) is 43.6 Å². The zero-order valence-electron chi connectivity index (χ0n) is 16.5. The van der Waals surface area contributed by atoms with Gasteiger partial charge in [-0.25, -0.2) is 0 Å². The molecule has 2 rings (SSSR count). The van der Waals surface area contributed by atoms with Crippen LogP contribution >= 0.6 is 0 Å². The maximum atomic E-state index is 12.5. The molecule has 27 heavy (non-hydrogen) atoms. The van der Waals surface area contributed by atoms with Crippen molar-refractivity contribution in [3.8, 4) is 11.5 Å². The minimum absolute atomic E-state index is 0.144. The Morgan fingerprint density at radius 3 is 2.63 bits per heavy atom. The number of nitrogens with zero attached hydrogens (tertiary/aromatic N) is 1. The smallest absolute Gasteiger partial charge is 0.310 e. The first-order chi connectivity index (χ1) is 13.1. The molecule has 0 spiro atoms. The first kappa shape index (κ1) is 21.0. The van der Waals surface area contributed by atoms with Gasteiger partial charge in [0.15, 0.2) is 0 Å². The highest BCUT2D eigenvalue weighted by atomic mass is 16.5. The number of carbonyl (C=O) groups is 2. The van der Waals surface area contributed by atoms with Gasteiger partial charge in [0.25, 0.3) is 0 Å². The molecule has 1 aliphatic rings. The molecular weight excluding hydrogens is 348 g/mol. The molecular formula is C20H30N2O5. The molecule has 1 unspecified atom stereocenters. The Morgan fingerprint density at radius 2 is 1.93 bits per heavy atom. The molecule has 0 aromatic heterocycles. The van der Waals surface area contributed by atoms with Gasteiger partial charge in [-0.2, -0.15) is 0 Å². The van der Waals surface area contributed by atoms with Gasteiger partial charge in [0.1, 0.15) is 11.5 Å². The Morgan fingerprint density at radius 1 is 1.15 bits per heavy atom. The molecule has 1 saturated heterocycles. The van der Waals surface area contributed by atoms with Gasteiger partial charge < -0.3 is 19.5 Å². The van der Waals surface area contributed by atoms with E-state index < -0.39 is 0 Å². The molecule has 0 aliphatic carbocycles. The van der Waals surface area contributed by atoms with Crippen LogP contribution in [0.3, 0.4) is 0 Å². The highest BCUT2D eigenvalue weighted by Gasteiger charge is 2.27. The standard InChI is InChI=1S/C20H30N2O5/c1-4-25-16-9-10-18(26-5-2)17(12-16)21-19(23)14-22-11-7-8-15(13-22)20(24)27-6-3/h9-10,12,15H,4-8,11,13-14H2,1-3H3,(H,21,23). The second-order valence-corrected chi connectivity index (χ2v) is 6.40. The van der Waals surface area contributed by atoms with Gasteiger partial charge in [-0.1, -0.05) is 0 Å². The molecule has 1 fully saturated rings. The number of nitrogens with one attached hydrogen (secondary N) is 1. The summed E-state index contributed by atoms with van der Waals surface area (Å²) < 4.78 is 16.2. The summed E-state index contributed by atoms with van der Waals surface area (Å²) in [5.74, 6) is 0.806. The average Bonchev–Trinajstić information content (AvgIpc) is 2.64. The lowest BCUT2D eigenvalue weighted by Gasteiger charge is -2.30. The quantitative estimate of drug-likeness (QED) is 0.666. The number of piperidine rings is 1. The molecule has 1 aliphatic heterocycles. The van der Waals surface area contributed by atoms with Gasteiger partial charge in [-0.15, -0.1) is 0 Å². The summed E-state index contributed by atoms with van der Waals surface area (Å²) in [6.07, 6.45) is 1.68. The minimum atomic E-state index is -0.175. The van der Waals surface area contributed by atoms with Crippen molar-refractivity contribution in [1.82, 2.24) is 4.90 Å². The lowest BCUT2D eigenvalue weighted by atomic mass is 9.98. The second kappa shape index (κ2) is 10.8. The topological polar surface area (TPSA) is 77.1 Å². The number of benzene rings is 1. The summed E-state index contributed by atoms with van der Waals surface area (Å²) in [5, 5.41) is 2.91. The van der Waals surface area contributed by atoms with E-state index in [1.54, 1.807) is 19.1 Å². The van der Waals surface area contributed by atoms with Gasteiger partial charge in [0.2, 0.25) is 5.91 Å². The molecule has 1 heterocycles. The van der Waals surface area contributed by atoms with Crippen molar-refractivity contribution < 1.29 is 23.8 Å². The van der Waals surface area contributed by atoms with E-state index in [1.807, 2.05) is 24.8 Å². The van der Waals surface area contributed by atoms with Crippen molar-refractivity contribution in [2.24, 2.45) is 5.92 Å². The number of rotatable bonds is 9. The Hall–Kier alpha value is -2.28. The fourth-order valence-electron chi connectivity index (χ4n) is 3.19. The van der Waals surface area contributed by atoms with Crippen LogP contribution in [0.4, 0.5) is 5.69 Å². The Bertz CT molecular complexity index is 635. The van der Waals surface area contributed by atoms with E-state index in [9.17, 15) is 9.59 Å². The van der Waals surface area contributed by atoms with Gasteiger partial charge in [-0.3, -0.25) is 14.5 Å². The average molecular weight is 378 g/mol. The van der Waals surface area contributed by atoms with Gasteiger partial charge in [0.05, 0.1) is 38.0 Å². The molecule has 0 saturated carbocycles. The number of ether oxygens (including phenoxy) is 3. The number of carbonyl (C=O) groups excluding carboxylic acids is 2. The summed E-state index contributed by atoms with van der Waals surface area (Å²) in [6, 6.07) is 5.38. The largest absolute Gasteiger partial charge is 0.494 e. The van der Waals surface area contributed by atoms with E-state index >= 15 is 0 Å². The molecule has 1 aromatic carbocycles. The first-order valence-electron chi connectivity index (χ1n) is 9.65. The zero-order chi connectivity index (χ0) is 19.6. The number of hydrogen-bond acceptors (Lipinski definition) is 6. The molecule has 7 nitrogen and oxygen atoms in total. The van der Waals surface area contributed by atoms with Crippen molar-refractivity contribution >= 4 is 17.6 Å². The minimum Gasteiger partial charge on any atom is -0.494 e. The van der Waals surface area contributed by atoms with Crippen LogP contribution in [-0.4, -0.2) is 56.2 Å². The van der Waals surface area contributed by atoms with Crippen molar-refractivity contribution in [2.75, 3.05) is 44.8 Å². The summed E-state index contributed by atoms with van der Waals surface area (Å²) in [6.45, 7) is 8.60. The summed E-state index contributed by atoms with van der Waals surface area (Å²) in [4.78, 5) is 26.5. The van der Waals surface area contributed by atoms with Crippen molar-refractivity contribution in [3.05, 3.63) is 18.2 Å². The van der Waals surface area contributed by atoms with Crippen LogP contribution in [0.1, 0.15) is 33.6 Å². The third-order valence-corrected chi connectivity index (χ3v) is 4.33. The second-order valence-electron chi connectivity index (χ2n) is 6.40. The van der Waals surface area contributed by atoms with Crippen molar-refractivity contribution in [1.29, 1.82) is 0 Å². The number of anilines is 1. The van der Waals surface area contributed by atoms with E-state index in [2.05, 4.69) is 5.32 Å². The highest BCUT2D eigenvalue weighted by Crippen LogP contribution is 2.29. The monoisotopic (exact) mass is 378 g/mol. The lowest BCUT2D eigenvalue weighted by molar-refractivity contribution is -0.150. The predicted molar refractivity (Wildman–Crippen MR) is 103 cm³/mol. The van der Waals surface area contributed by atoms with E-state index in [4.69, 9.17) is 14.2 Å². The molecule has 150 valence electrons. The van der Waals surface area contributed by atoms with E-state index in [1.165, 1.54) is 0 Å². The predicted octanol–water partition coefficient (Wildman–Crippen LogP) is 2.70. The molecule has 7 heteroatoms. The van der Waals surface area contributed by atoms with Gasteiger partial charge >= 0.3 is 5.97 Å². The van der Waals surface area contributed by atoms with Crippen LogP contribution in [0, 0.1) is 5.92 Å². The first-order valence-corrected chi connectivity index (χ1v) is 9.65. The fraction of sp³-hybridized carbons (Fsp3) is 0.600. The summed E-state index contributed by atoms with van der Waals surface area (Å²) >= 11 is 0. The Labute approximate surface area is 161 Å². The van der Waals surface area contributed by atoms with Crippen LogP contribution in [0.15, 0.2) is 18.2 Å². The molecule has 0 bridgehead atoms. The molecule has 1 aromatic rings.